The fourth-order valence-electron chi connectivity index (χ4n) is 0.959. The Morgan fingerprint density at radius 1 is 1.42 bits per heavy atom. The van der Waals surface area contributed by atoms with Crippen molar-refractivity contribution in [2.45, 2.75) is 18.2 Å². The van der Waals surface area contributed by atoms with Gasteiger partial charge in [0, 0.05) is 4.90 Å². The van der Waals surface area contributed by atoms with Crippen molar-refractivity contribution in [3.8, 4) is 0 Å². The number of hydrogen-bond acceptors (Lipinski definition) is 2. The second-order valence-corrected chi connectivity index (χ2v) is 3.11. The van der Waals surface area contributed by atoms with Crippen LogP contribution in [-0.4, -0.2) is 8.76 Å². The standard InChI is InChI=1S/C8H10O2S.K/c1-2-7-5-3-4-6-8(7)11(9)10;/h3-6H,2H2,1H3,(H,9,10);/q;+1/p-1. The molecule has 1 unspecified atom stereocenters. The zero-order chi connectivity index (χ0) is 8.27. The first-order valence-corrected chi connectivity index (χ1v) is 4.50. The predicted molar refractivity (Wildman–Crippen MR) is 43.0 cm³/mol. The van der Waals surface area contributed by atoms with Crippen molar-refractivity contribution in [3.63, 3.8) is 0 Å². The van der Waals surface area contributed by atoms with Crippen molar-refractivity contribution in [2.75, 3.05) is 0 Å². The molecule has 1 atom stereocenters. The Hall–Kier alpha value is 0.966. The molecule has 0 heterocycles. The molecule has 0 aromatic heterocycles. The molecule has 0 aliphatic carbocycles. The Balaban J connectivity index is 0.00000121. The second kappa shape index (κ2) is 6.42. The van der Waals surface area contributed by atoms with Gasteiger partial charge in [0.15, 0.2) is 0 Å². The average molecular weight is 208 g/mol. The maximum Gasteiger partial charge on any atom is 1.00 e. The smallest absolute Gasteiger partial charge is 0.768 e. The van der Waals surface area contributed by atoms with Gasteiger partial charge in [-0.3, -0.25) is 4.21 Å². The number of rotatable bonds is 2. The van der Waals surface area contributed by atoms with Gasteiger partial charge in [-0.2, -0.15) is 0 Å². The average Bonchev–Trinajstić information content (AvgIpc) is 2.04. The zero-order valence-corrected chi connectivity index (χ0v) is 11.2. The van der Waals surface area contributed by atoms with Gasteiger partial charge in [0.05, 0.1) is 0 Å². The van der Waals surface area contributed by atoms with Gasteiger partial charge in [-0.15, -0.1) is 0 Å². The van der Waals surface area contributed by atoms with Gasteiger partial charge >= 0.3 is 51.4 Å². The molecule has 0 fully saturated rings. The summed E-state index contributed by atoms with van der Waals surface area (Å²) in [7, 11) is 0. The summed E-state index contributed by atoms with van der Waals surface area (Å²) < 4.78 is 21.2. The summed E-state index contributed by atoms with van der Waals surface area (Å²) in [5, 5.41) is 0. The molecule has 1 rings (SSSR count). The molecule has 0 spiro atoms. The summed E-state index contributed by atoms with van der Waals surface area (Å²) in [5.41, 5.74) is 0.876. The summed E-state index contributed by atoms with van der Waals surface area (Å²) in [6.45, 7) is 1.94. The van der Waals surface area contributed by atoms with Crippen molar-refractivity contribution >= 4 is 11.1 Å². The molecule has 0 aliphatic rings. The molecule has 1 aromatic rings. The van der Waals surface area contributed by atoms with Crippen molar-refractivity contribution in [1.29, 1.82) is 0 Å². The molecule has 0 saturated heterocycles. The van der Waals surface area contributed by atoms with Crippen LogP contribution in [0.1, 0.15) is 12.5 Å². The van der Waals surface area contributed by atoms with Crippen LogP contribution in [0.15, 0.2) is 29.2 Å². The van der Waals surface area contributed by atoms with Gasteiger partial charge in [0.2, 0.25) is 0 Å². The van der Waals surface area contributed by atoms with Crippen LogP contribution in [-0.2, 0) is 17.5 Å². The topological polar surface area (TPSA) is 40.1 Å². The monoisotopic (exact) mass is 208 g/mol. The predicted octanol–water partition coefficient (Wildman–Crippen LogP) is -1.51. The van der Waals surface area contributed by atoms with Crippen molar-refractivity contribution < 1.29 is 60.1 Å². The van der Waals surface area contributed by atoms with E-state index in [2.05, 4.69) is 0 Å². The summed E-state index contributed by atoms with van der Waals surface area (Å²) in [4.78, 5) is 0.412. The number of aryl methyl sites for hydroxylation is 1. The molecule has 0 N–H and O–H groups in total. The fourth-order valence-corrected chi connectivity index (χ4v) is 1.57. The molecular formula is C8H9KO2S. The van der Waals surface area contributed by atoms with E-state index in [4.69, 9.17) is 0 Å². The first-order valence-electron chi connectivity index (χ1n) is 3.43. The minimum atomic E-state index is -2.09. The van der Waals surface area contributed by atoms with Gasteiger partial charge in [-0.05, 0) is 29.1 Å². The summed E-state index contributed by atoms with van der Waals surface area (Å²) in [5.74, 6) is 0. The van der Waals surface area contributed by atoms with Gasteiger partial charge in [-0.25, -0.2) is 0 Å². The molecule has 0 saturated carbocycles. The zero-order valence-electron chi connectivity index (χ0n) is 7.24. The van der Waals surface area contributed by atoms with E-state index < -0.39 is 11.1 Å². The van der Waals surface area contributed by atoms with E-state index in [-0.39, 0.29) is 51.4 Å². The van der Waals surface area contributed by atoms with Crippen LogP contribution in [0, 0.1) is 0 Å². The number of benzene rings is 1. The summed E-state index contributed by atoms with van der Waals surface area (Å²) in [6, 6.07) is 7.01. The maximum absolute atomic E-state index is 10.6. The van der Waals surface area contributed by atoms with Crippen LogP contribution in [0.25, 0.3) is 0 Å². The van der Waals surface area contributed by atoms with Crippen LogP contribution in [0.2, 0.25) is 0 Å². The van der Waals surface area contributed by atoms with Crippen molar-refractivity contribution in [2.24, 2.45) is 0 Å². The van der Waals surface area contributed by atoms with E-state index in [0.29, 0.717) is 4.90 Å². The second-order valence-electron chi connectivity index (χ2n) is 2.20. The van der Waals surface area contributed by atoms with E-state index in [1.165, 1.54) is 0 Å². The van der Waals surface area contributed by atoms with E-state index >= 15 is 0 Å². The van der Waals surface area contributed by atoms with Crippen LogP contribution in [0.3, 0.4) is 0 Å². The Kier molecular flexibility index (Phi) is 6.94. The molecule has 0 aliphatic heterocycles. The van der Waals surface area contributed by atoms with Crippen molar-refractivity contribution in [1.82, 2.24) is 0 Å². The van der Waals surface area contributed by atoms with E-state index in [9.17, 15) is 8.76 Å². The third-order valence-electron chi connectivity index (χ3n) is 1.53. The minimum Gasteiger partial charge on any atom is -0.768 e. The quantitative estimate of drug-likeness (QED) is 0.438. The molecule has 0 bridgehead atoms. The first kappa shape index (κ1) is 13.0. The van der Waals surface area contributed by atoms with Crippen LogP contribution in [0.5, 0.6) is 0 Å². The Morgan fingerprint density at radius 2 is 2.00 bits per heavy atom. The van der Waals surface area contributed by atoms with E-state index in [1.807, 2.05) is 19.1 Å². The van der Waals surface area contributed by atoms with Crippen molar-refractivity contribution in [3.05, 3.63) is 29.8 Å². The largest absolute Gasteiger partial charge is 1.00 e. The van der Waals surface area contributed by atoms with Gasteiger partial charge < -0.3 is 4.55 Å². The summed E-state index contributed by atoms with van der Waals surface area (Å²) in [6.07, 6.45) is 0.754. The minimum absolute atomic E-state index is 0. The summed E-state index contributed by atoms with van der Waals surface area (Å²) >= 11 is -2.09. The van der Waals surface area contributed by atoms with E-state index in [1.54, 1.807) is 12.1 Å². The van der Waals surface area contributed by atoms with Gasteiger partial charge in [0.1, 0.15) is 0 Å². The molecule has 1 aromatic carbocycles. The molecule has 12 heavy (non-hydrogen) atoms. The molecule has 2 nitrogen and oxygen atoms in total. The third-order valence-corrected chi connectivity index (χ3v) is 2.29. The van der Waals surface area contributed by atoms with Crippen LogP contribution >= 0.6 is 0 Å². The maximum atomic E-state index is 10.6. The third kappa shape index (κ3) is 3.37. The molecule has 0 amide bonds. The van der Waals surface area contributed by atoms with Crippen LogP contribution < -0.4 is 51.4 Å². The fraction of sp³-hybridized carbons (Fsp3) is 0.250. The molecule has 0 radical (unpaired) electrons. The Labute approximate surface area is 117 Å². The first-order chi connectivity index (χ1) is 5.25. The number of hydrogen-bond donors (Lipinski definition) is 0. The SMILES string of the molecule is CCc1ccccc1S(=O)[O-].[K+]. The molecular weight excluding hydrogens is 199 g/mol. The normalized spacial score (nSPS) is 11.8. The molecule has 60 valence electrons. The van der Waals surface area contributed by atoms with Crippen LogP contribution in [0.4, 0.5) is 0 Å². The Bertz CT molecular complexity index is 276. The van der Waals surface area contributed by atoms with Gasteiger partial charge in [0.25, 0.3) is 0 Å². The molecule has 4 heteroatoms. The van der Waals surface area contributed by atoms with E-state index in [0.717, 1.165) is 12.0 Å². The van der Waals surface area contributed by atoms with Gasteiger partial charge in [-0.1, -0.05) is 25.1 Å². The Morgan fingerprint density at radius 3 is 2.42 bits per heavy atom.